The average Bonchev–Trinajstić information content (AvgIpc) is 2.27. The molecular formula is C12H19BN2O4. The Morgan fingerprint density at radius 3 is 2.63 bits per heavy atom. The fourth-order valence-corrected chi connectivity index (χ4v) is 1.39. The fourth-order valence-electron chi connectivity index (χ4n) is 1.39. The summed E-state index contributed by atoms with van der Waals surface area (Å²) in [6.07, 6.45) is 1.01. The van der Waals surface area contributed by atoms with E-state index in [-0.39, 0.29) is 6.54 Å². The van der Waals surface area contributed by atoms with Gasteiger partial charge in [0.2, 0.25) is 0 Å². The van der Waals surface area contributed by atoms with Crippen LogP contribution in [0.1, 0.15) is 26.5 Å². The van der Waals surface area contributed by atoms with Crippen LogP contribution in [0, 0.1) is 0 Å². The topological polar surface area (TPSA) is 82.9 Å². The van der Waals surface area contributed by atoms with E-state index >= 15 is 0 Å². The van der Waals surface area contributed by atoms with Crippen LogP contribution < -0.4 is 5.46 Å². The highest BCUT2D eigenvalue weighted by molar-refractivity contribution is 6.58. The van der Waals surface area contributed by atoms with E-state index in [0.717, 1.165) is 0 Å². The Morgan fingerprint density at radius 1 is 1.47 bits per heavy atom. The second-order valence-corrected chi connectivity index (χ2v) is 5.29. The van der Waals surface area contributed by atoms with Gasteiger partial charge in [0.1, 0.15) is 5.60 Å². The second kappa shape index (κ2) is 6.03. The van der Waals surface area contributed by atoms with Crippen molar-refractivity contribution in [3.63, 3.8) is 0 Å². The first-order valence-electron chi connectivity index (χ1n) is 5.94. The molecule has 7 heteroatoms. The highest BCUT2D eigenvalue weighted by Gasteiger charge is 2.20. The van der Waals surface area contributed by atoms with Crippen molar-refractivity contribution in [3.8, 4) is 0 Å². The van der Waals surface area contributed by atoms with Crippen molar-refractivity contribution in [2.45, 2.75) is 32.9 Å². The van der Waals surface area contributed by atoms with Gasteiger partial charge in [-0.2, -0.15) is 0 Å². The standard InChI is InChI=1S/C12H19BN2O4/c1-12(2,3)19-11(16)15(4)8-10-7-9(13(17)18)5-6-14-10/h5-7,17-18H,8H2,1-4H3. The summed E-state index contributed by atoms with van der Waals surface area (Å²) >= 11 is 0. The summed E-state index contributed by atoms with van der Waals surface area (Å²) in [4.78, 5) is 17.2. The predicted molar refractivity (Wildman–Crippen MR) is 71.8 cm³/mol. The zero-order valence-electron chi connectivity index (χ0n) is 11.6. The molecule has 0 radical (unpaired) electrons. The van der Waals surface area contributed by atoms with Crippen molar-refractivity contribution in [3.05, 3.63) is 24.0 Å². The molecule has 0 aliphatic carbocycles. The third-order valence-corrected chi connectivity index (χ3v) is 2.24. The smallest absolute Gasteiger partial charge is 0.444 e. The predicted octanol–water partition coefficient (Wildman–Crippen LogP) is 0.128. The quantitative estimate of drug-likeness (QED) is 0.760. The van der Waals surface area contributed by atoms with Gasteiger partial charge in [-0.05, 0) is 38.4 Å². The summed E-state index contributed by atoms with van der Waals surface area (Å²) in [5, 5.41) is 18.1. The summed E-state index contributed by atoms with van der Waals surface area (Å²) in [6, 6.07) is 3.03. The molecule has 6 nitrogen and oxygen atoms in total. The van der Waals surface area contributed by atoms with Gasteiger partial charge in [0, 0.05) is 13.2 Å². The number of nitrogens with zero attached hydrogens (tertiary/aromatic N) is 2. The third-order valence-electron chi connectivity index (χ3n) is 2.24. The maximum Gasteiger partial charge on any atom is 0.488 e. The largest absolute Gasteiger partial charge is 0.488 e. The first-order chi connectivity index (χ1) is 8.69. The number of ether oxygens (including phenoxy) is 1. The first-order valence-corrected chi connectivity index (χ1v) is 5.94. The van der Waals surface area contributed by atoms with E-state index in [0.29, 0.717) is 11.2 Å². The number of amides is 1. The zero-order valence-corrected chi connectivity index (χ0v) is 11.6. The molecule has 0 atom stereocenters. The van der Waals surface area contributed by atoms with Crippen LogP contribution in [0.25, 0.3) is 0 Å². The fraction of sp³-hybridized carbons (Fsp3) is 0.500. The van der Waals surface area contributed by atoms with Gasteiger partial charge in [0.25, 0.3) is 0 Å². The number of carbonyl (C=O) groups is 1. The van der Waals surface area contributed by atoms with Gasteiger partial charge in [-0.25, -0.2) is 4.79 Å². The number of rotatable bonds is 3. The lowest BCUT2D eigenvalue weighted by Gasteiger charge is -2.24. The monoisotopic (exact) mass is 266 g/mol. The molecule has 104 valence electrons. The highest BCUT2D eigenvalue weighted by atomic mass is 16.6. The molecule has 2 N–H and O–H groups in total. The Balaban J connectivity index is 2.69. The van der Waals surface area contributed by atoms with Gasteiger partial charge in [-0.3, -0.25) is 4.98 Å². The molecular weight excluding hydrogens is 247 g/mol. The molecule has 1 rings (SSSR count). The number of hydrogen-bond donors (Lipinski definition) is 2. The summed E-state index contributed by atoms with van der Waals surface area (Å²) < 4.78 is 5.21. The van der Waals surface area contributed by atoms with Crippen molar-refractivity contribution in [2.24, 2.45) is 0 Å². The van der Waals surface area contributed by atoms with E-state index in [4.69, 9.17) is 14.8 Å². The van der Waals surface area contributed by atoms with Crippen molar-refractivity contribution in [1.29, 1.82) is 0 Å². The summed E-state index contributed by atoms with van der Waals surface area (Å²) in [5.74, 6) is 0. The van der Waals surface area contributed by atoms with E-state index in [2.05, 4.69) is 4.98 Å². The van der Waals surface area contributed by atoms with Crippen molar-refractivity contribution >= 4 is 18.7 Å². The molecule has 0 unspecified atom stereocenters. The minimum atomic E-state index is -1.55. The Labute approximate surface area is 113 Å². The van der Waals surface area contributed by atoms with Crippen LogP contribution in [0.4, 0.5) is 4.79 Å². The summed E-state index contributed by atoms with van der Waals surface area (Å²) in [7, 11) is 0.0474. The van der Waals surface area contributed by atoms with E-state index < -0.39 is 18.8 Å². The summed E-state index contributed by atoms with van der Waals surface area (Å²) in [5.41, 5.74) is 0.337. The maximum absolute atomic E-state index is 11.8. The van der Waals surface area contributed by atoms with Crippen molar-refractivity contribution in [2.75, 3.05) is 7.05 Å². The Bertz CT molecular complexity index is 446. The van der Waals surface area contributed by atoms with Gasteiger partial charge in [-0.15, -0.1) is 0 Å². The third kappa shape index (κ3) is 5.27. The average molecular weight is 266 g/mol. The molecule has 1 aromatic heterocycles. The highest BCUT2D eigenvalue weighted by Crippen LogP contribution is 2.10. The lowest BCUT2D eigenvalue weighted by molar-refractivity contribution is 0.0283. The van der Waals surface area contributed by atoms with Gasteiger partial charge in [0.05, 0.1) is 12.2 Å². The second-order valence-electron chi connectivity index (χ2n) is 5.29. The van der Waals surface area contributed by atoms with Crippen LogP contribution in [-0.4, -0.2) is 45.8 Å². The van der Waals surface area contributed by atoms with Gasteiger partial charge < -0.3 is 19.7 Å². The van der Waals surface area contributed by atoms with Crippen LogP contribution in [0.3, 0.4) is 0 Å². The Morgan fingerprint density at radius 2 is 2.11 bits per heavy atom. The molecule has 1 heterocycles. The molecule has 19 heavy (non-hydrogen) atoms. The van der Waals surface area contributed by atoms with E-state index in [1.807, 2.05) is 0 Å². The molecule has 0 saturated heterocycles. The molecule has 0 bridgehead atoms. The molecule has 0 fully saturated rings. The minimum absolute atomic E-state index is 0.232. The van der Waals surface area contributed by atoms with Crippen molar-refractivity contribution < 1.29 is 19.6 Å². The molecule has 0 aliphatic rings. The number of hydrogen-bond acceptors (Lipinski definition) is 5. The molecule has 0 saturated carbocycles. The number of carbonyl (C=O) groups excluding carboxylic acids is 1. The van der Waals surface area contributed by atoms with Gasteiger partial charge in [0.15, 0.2) is 0 Å². The normalized spacial score (nSPS) is 11.1. The number of aromatic nitrogens is 1. The van der Waals surface area contributed by atoms with Gasteiger partial charge >= 0.3 is 13.2 Å². The lowest BCUT2D eigenvalue weighted by atomic mass is 9.81. The van der Waals surface area contributed by atoms with E-state index in [9.17, 15) is 4.79 Å². The van der Waals surface area contributed by atoms with Crippen molar-refractivity contribution in [1.82, 2.24) is 9.88 Å². The lowest BCUT2D eigenvalue weighted by Crippen LogP contribution is -2.35. The van der Waals surface area contributed by atoms with Crippen LogP contribution in [-0.2, 0) is 11.3 Å². The molecule has 0 aliphatic heterocycles. The first kappa shape index (κ1) is 15.5. The SMILES string of the molecule is CN(Cc1cc(B(O)O)ccn1)C(=O)OC(C)(C)C. The Hall–Kier alpha value is -1.60. The van der Waals surface area contributed by atoms with Crippen LogP contribution in [0.5, 0.6) is 0 Å². The van der Waals surface area contributed by atoms with E-state index in [1.165, 1.54) is 23.2 Å². The molecule has 0 aromatic carbocycles. The maximum atomic E-state index is 11.8. The summed E-state index contributed by atoms with van der Waals surface area (Å²) in [6.45, 7) is 5.61. The molecule has 0 spiro atoms. The van der Waals surface area contributed by atoms with Crippen LogP contribution in [0.15, 0.2) is 18.3 Å². The van der Waals surface area contributed by atoms with Crippen LogP contribution >= 0.6 is 0 Å². The van der Waals surface area contributed by atoms with Crippen LogP contribution in [0.2, 0.25) is 0 Å². The molecule has 1 amide bonds. The zero-order chi connectivity index (χ0) is 14.6. The Kier molecular flexibility index (Phi) is 4.91. The van der Waals surface area contributed by atoms with E-state index in [1.54, 1.807) is 27.8 Å². The molecule has 1 aromatic rings. The number of pyridine rings is 1. The minimum Gasteiger partial charge on any atom is -0.444 e. The van der Waals surface area contributed by atoms with Gasteiger partial charge in [-0.1, -0.05) is 0 Å².